The van der Waals surface area contributed by atoms with Gasteiger partial charge in [0.05, 0.1) is 5.69 Å². The van der Waals surface area contributed by atoms with E-state index in [2.05, 4.69) is 15.0 Å². The molecule has 1 atom stereocenters. The summed E-state index contributed by atoms with van der Waals surface area (Å²) in [6, 6.07) is 6.33. The first-order valence-electron chi connectivity index (χ1n) is 8.19. The molecule has 2 aromatic rings. The Balaban J connectivity index is 1.82. The number of ether oxygens (including phenoxy) is 1. The number of imide groups is 1. The number of hydrogen-bond donors (Lipinski definition) is 2. The number of pyridine rings is 1. The van der Waals surface area contributed by atoms with Crippen molar-refractivity contribution in [3.63, 3.8) is 0 Å². The zero-order valence-electron chi connectivity index (χ0n) is 14.9. The number of carbonyl (C=O) groups is 3. The molecule has 11 heteroatoms. The molecule has 1 saturated heterocycles. The Morgan fingerprint density at radius 2 is 1.90 bits per heavy atom. The van der Waals surface area contributed by atoms with Crippen molar-refractivity contribution in [1.82, 2.24) is 10.3 Å². The predicted molar refractivity (Wildman–Crippen MR) is 92.4 cm³/mol. The van der Waals surface area contributed by atoms with E-state index in [4.69, 9.17) is 5.11 Å². The first-order chi connectivity index (χ1) is 13.5. The van der Waals surface area contributed by atoms with Gasteiger partial charge in [0.15, 0.2) is 0 Å². The van der Waals surface area contributed by atoms with Crippen LogP contribution in [0.1, 0.15) is 23.0 Å². The molecule has 0 radical (unpaired) electrons. The molecule has 3 amide bonds. The molecule has 0 saturated carbocycles. The lowest BCUT2D eigenvalue weighted by Crippen LogP contribution is -2.46. The molecular weight excluding hydrogens is 395 g/mol. The van der Waals surface area contributed by atoms with Gasteiger partial charge >= 0.3 is 18.4 Å². The summed E-state index contributed by atoms with van der Waals surface area (Å²) in [5, 5.41) is 11.6. The molecule has 3 rings (SSSR count). The number of benzene rings is 1. The van der Waals surface area contributed by atoms with Crippen LogP contribution in [0.25, 0.3) is 0 Å². The summed E-state index contributed by atoms with van der Waals surface area (Å²) in [6.07, 6.45) is -3.59. The highest BCUT2D eigenvalue weighted by molar-refractivity contribution is 6.23. The van der Waals surface area contributed by atoms with Gasteiger partial charge in [-0.05, 0) is 48.9 Å². The highest BCUT2D eigenvalue weighted by Crippen LogP contribution is 2.30. The number of carbonyl (C=O) groups excluding carboxylic acids is 2. The van der Waals surface area contributed by atoms with Crippen LogP contribution in [0.5, 0.6) is 5.75 Å². The zero-order chi connectivity index (χ0) is 21.4. The van der Waals surface area contributed by atoms with Crippen molar-refractivity contribution in [2.75, 3.05) is 4.90 Å². The van der Waals surface area contributed by atoms with Crippen LogP contribution < -0.4 is 15.0 Å². The van der Waals surface area contributed by atoms with Gasteiger partial charge in [0.1, 0.15) is 17.0 Å². The van der Waals surface area contributed by atoms with Crippen molar-refractivity contribution in [3.05, 3.63) is 53.9 Å². The zero-order valence-corrected chi connectivity index (χ0v) is 14.9. The summed E-state index contributed by atoms with van der Waals surface area (Å²) in [5.41, 5.74) is -1.06. The third kappa shape index (κ3) is 4.28. The van der Waals surface area contributed by atoms with Gasteiger partial charge in [-0.2, -0.15) is 0 Å². The summed E-state index contributed by atoms with van der Waals surface area (Å²) >= 11 is 0. The van der Waals surface area contributed by atoms with Gasteiger partial charge in [0.2, 0.25) is 0 Å². The molecule has 1 aliphatic rings. The molecule has 29 heavy (non-hydrogen) atoms. The van der Waals surface area contributed by atoms with Gasteiger partial charge in [-0.25, -0.2) is 19.5 Å². The van der Waals surface area contributed by atoms with Crippen LogP contribution in [-0.2, 0) is 11.2 Å². The molecule has 0 bridgehead atoms. The minimum absolute atomic E-state index is 0.00780. The third-order valence-electron chi connectivity index (χ3n) is 4.19. The lowest BCUT2D eigenvalue weighted by molar-refractivity contribution is -0.274. The van der Waals surface area contributed by atoms with Gasteiger partial charge in [0, 0.05) is 12.6 Å². The summed E-state index contributed by atoms with van der Waals surface area (Å²) in [4.78, 5) is 40.8. The van der Waals surface area contributed by atoms with E-state index < -0.39 is 35.6 Å². The number of aromatic carboxylic acids is 1. The average Bonchev–Trinajstić information content (AvgIpc) is 2.83. The second-order valence-electron chi connectivity index (χ2n) is 6.48. The van der Waals surface area contributed by atoms with E-state index in [9.17, 15) is 27.6 Å². The third-order valence-corrected chi connectivity index (χ3v) is 4.19. The molecule has 2 heterocycles. The molecule has 152 valence electrons. The Bertz CT molecular complexity index is 977. The standard InChI is InChI=1S/C18H14F3N3O5/c1-17(9-10-6-7-22-13(8-10)14(25)26)15(27)24(16(28)23-17)11-2-4-12(5-3-11)29-18(19,20)21/h2-8H,9H2,1H3,(H,23,28)(H,25,26). The van der Waals surface area contributed by atoms with Crippen molar-refractivity contribution in [2.24, 2.45) is 0 Å². The first-order valence-corrected chi connectivity index (χ1v) is 8.19. The van der Waals surface area contributed by atoms with Gasteiger partial charge in [-0.3, -0.25) is 4.79 Å². The summed E-state index contributed by atoms with van der Waals surface area (Å²) in [7, 11) is 0. The average molecular weight is 409 g/mol. The maximum absolute atomic E-state index is 12.9. The van der Waals surface area contributed by atoms with Crippen LogP contribution in [0.15, 0.2) is 42.6 Å². The maximum Gasteiger partial charge on any atom is 0.573 e. The van der Waals surface area contributed by atoms with Crippen LogP contribution in [0.4, 0.5) is 23.7 Å². The normalized spacial score (nSPS) is 19.2. The fraction of sp³-hybridized carbons (Fsp3) is 0.222. The molecule has 1 aliphatic heterocycles. The number of hydrogen-bond acceptors (Lipinski definition) is 5. The van der Waals surface area contributed by atoms with Gasteiger partial charge in [0.25, 0.3) is 5.91 Å². The van der Waals surface area contributed by atoms with E-state index in [1.807, 2.05) is 0 Å². The van der Waals surface area contributed by atoms with Gasteiger partial charge in [-0.1, -0.05) is 0 Å². The molecule has 2 N–H and O–H groups in total. The number of nitrogens with zero attached hydrogens (tertiary/aromatic N) is 2. The van der Waals surface area contributed by atoms with E-state index >= 15 is 0 Å². The first kappa shape index (κ1) is 20.1. The SMILES string of the molecule is CC1(Cc2ccnc(C(=O)O)c2)NC(=O)N(c2ccc(OC(F)(F)F)cc2)C1=O. The van der Waals surface area contributed by atoms with Crippen LogP contribution in [-0.4, -0.2) is 39.9 Å². The lowest BCUT2D eigenvalue weighted by Gasteiger charge is -2.22. The Kier molecular flexibility index (Phi) is 4.91. The summed E-state index contributed by atoms with van der Waals surface area (Å²) < 4.78 is 40.6. The van der Waals surface area contributed by atoms with Crippen LogP contribution in [0.2, 0.25) is 0 Å². The van der Waals surface area contributed by atoms with E-state index in [0.717, 1.165) is 29.2 Å². The van der Waals surface area contributed by atoms with Crippen molar-refractivity contribution in [3.8, 4) is 5.75 Å². The lowest BCUT2D eigenvalue weighted by atomic mass is 9.93. The van der Waals surface area contributed by atoms with E-state index in [1.54, 1.807) is 0 Å². The Morgan fingerprint density at radius 1 is 1.24 bits per heavy atom. The minimum Gasteiger partial charge on any atom is -0.477 e. The molecule has 1 unspecified atom stereocenters. The number of aromatic nitrogens is 1. The Labute approximate surface area is 161 Å². The Hall–Kier alpha value is -3.63. The van der Waals surface area contributed by atoms with Crippen LogP contribution in [0, 0.1) is 0 Å². The van der Waals surface area contributed by atoms with Crippen LogP contribution in [0.3, 0.4) is 0 Å². The van der Waals surface area contributed by atoms with E-state index in [0.29, 0.717) is 5.56 Å². The topological polar surface area (TPSA) is 109 Å². The largest absolute Gasteiger partial charge is 0.573 e. The van der Waals surface area contributed by atoms with Crippen molar-refractivity contribution >= 4 is 23.6 Å². The second-order valence-corrected chi connectivity index (χ2v) is 6.48. The van der Waals surface area contributed by atoms with Crippen molar-refractivity contribution < 1.29 is 37.4 Å². The fourth-order valence-electron chi connectivity index (χ4n) is 2.95. The van der Waals surface area contributed by atoms with Gasteiger partial charge < -0.3 is 15.2 Å². The number of alkyl halides is 3. The number of nitrogens with one attached hydrogen (secondary N) is 1. The van der Waals surface area contributed by atoms with Crippen molar-refractivity contribution in [1.29, 1.82) is 0 Å². The smallest absolute Gasteiger partial charge is 0.477 e. The number of rotatable bonds is 5. The number of amides is 3. The molecule has 1 aromatic heterocycles. The predicted octanol–water partition coefficient (Wildman–Crippen LogP) is 2.74. The molecule has 8 nitrogen and oxygen atoms in total. The van der Waals surface area contributed by atoms with Crippen molar-refractivity contribution in [2.45, 2.75) is 25.2 Å². The number of carboxylic acids is 1. The number of carboxylic acid groups (broad SMARTS) is 1. The van der Waals surface area contributed by atoms with E-state index in [-0.39, 0.29) is 17.8 Å². The highest BCUT2D eigenvalue weighted by Gasteiger charge is 2.48. The van der Waals surface area contributed by atoms with Crippen LogP contribution >= 0.6 is 0 Å². The summed E-state index contributed by atoms with van der Waals surface area (Å²) in [6.45, 7) is 1.47. The van der Waals surface area contributed by atoms with Gasteiger partial charge in [-0.15, -0.1) is 13.2 Å². The number of halogens is 3. The monoisotopic (exact) mass is 409 g/mol. The van der Waals surface area contributed by atoms with E-state index in [1.165, 1.54) is 25.3 Å². The quantitative estimate of drug-likeness (QED) is 0.735. The molecule has 1 aromatic carbocycles. The number of urea groups is 1. The highest BCUT2D eigenvalue weighted by atomic mass is 19.4. The molecule has 0 spiro atoms. The molecule has 0 aliphatic carbocycles. The minimum atomic E-state index is -4.86. The second kappa shape index (κ2) is 7.08. The maximum atomic E-state index is 12.9. The number of anilines is 1. The fourth-order valence-corrected chi connectivity index (χ4v) is 2.95. The molecular formula is C18H14F3N3O5. The summed E-state index contributed by atoms with van der Waals surface area (Å²) in [5.74, 6) is -2.36. The Morgan fingerprint density at radius 3 is 2.48 bits per heavy atom. The molecule has 1 fully saturated rings.